The fourth-order valence-electron chi connectivity index (χ4n) is 1.79. The number of carboxylic acid groups (broad SMARTS) is 1. The second-order valence-electron chi connectivity index (χ2n) is 3.83. The number of hydrogen-bond donors (Lipinski definition) is 2. The molecule has 0 spiro atoms. The van der Waals surface area contributed by atoms with Gasteiger partial charge in [0.2, 0.25) is 5.91 Å². The number of nitrogens with zero attached hydrogens (tertiary/aromatic N) is 2. The number of carbonyl (C=O) groups is 2. The van der Waals surface area contributed by atoms with Gasteiger partial charge >= 0.3 is 5.97 Å². The Bertz CT molecular complexity index is 421. The fraction of sp³-hybridized carbons (Fsp3) is 0.364. The minimum Gasteiger partial charge on any atom is -0.480 e. The van der Waals surface area contributed by atoms with Crippen LogP contribution in [0.5, 0.6) is 0 Å². The molecule has 1 saturated heterocycles. The molecule has 1 fully saturated rings. The number of nitrogens with one attached hydrogen (secondary N) is 1. The summed E-state index contributed by atoms with van der Waals surface area (Å²) in [7, 11) is 0. The summed E-state index contributed by atoms with van der Waals surface area (Å²) in [6.07, 6.45) is 1.62. The zero-order valence-corrected chi connectivity index (χ0v) is 9.17. The predicted molar refractivity (Wildman–Crippen MR) is 59.1 cm³/mol. The molecule has 1 atom stereocenters. The van der Waals surface area contributed by atoms with Crippen molar-refractivity contribution in [2.24, 2.45) is 0 Å². The number of pyridine rings is 1. The molecular weight excluding hydrogens is 222 g/mol. The van der Waals surface area contributed by atoms with E-state index in [1.54, 1.807) is 18.3 Å². The minimum atomic E-state index is -0.999. The highest BCUT2D eigenvalue weighted by Gasteiger charge is 2.32. The average Bonchev–Trinajstić information content (AvgIpc) is 2.33. The van der Waals surface area contributed by atoms with Gasteiger partial charge in [0.25, 0.3) is 0 Å². The molecule has 0 saturated carbocycles. The Hall–Kier alpha value is -1.95. The van der Waals surface area contributed by atoms with E-state index in [0.717, 1.165) is 0 Å². The second kappa shape index (κ2) is 4.92. The van der Waals surface area contributed by atoms with Gasteiger partial charge in [-0.15, -0.1) is 0 Å². The minimum absolute atomic E-state index is 0.177. The van der Waals surface area contributed by atoms with E-state index in [-0.39, 0.29) is 25.5 Å². The van der Waals surface area contributed by atoms with Crippen LogP contribution in [0.4, 0.5) is 0 Å². The van der Waals surface area contributed by atoms with Crippen LogP contribution in [0, 0.1) is 0 Å². The van der Waals surface area contributed by atoms with Gasteiger partial charge in [-0.2, -0.15) is 0 Å². The van der Waals surface area contributed by atoms with E-state index in [0.29, 0.717) is 5.69 Å². The molecule has 1 unspecified atom stereocenters. The zero-order chi connectivity index (χ0) is 12.3. The Morgan fingerprint density at radius 2 is 2.41 bits per heavy atom. The smallest absolute Gasteiger partial charge is 0.327 e. The van der Waals surface area contributed by atoms with Crippen LogP contribution >= 0.6 is 0 Å². The first-order valence-electron chi connectivity index (χ1n) is 5.31. The topological polar surface area (TPSA) is 82.5 Å². The molecule has 0 aliphatic carbocycles. The number of piperazine rings is 1. The molecule has 1 aromatic heterocycles. The van der Waals surface area contributed by atoms with E-state index in [4.69, 9.17) is 5.11 Å². The van der Waals surface area contributed by atoms with Crippen LogP contribution in [-0.4, -0.2) is 46.0 Å². The van der Waals surface area contributed by atoms with E-state index in [9.17, 15) is 9.59 Å². The first kappa shape index (κ1) is 11.5. The van der Waals surface area contributed by atoms with Gasteiger partial charge in [0.05, 0.1) is 18.8 Å². The van der Waals surface area contributed by atoms with Crippen molar-refractivity contribution in [1.82, 2.24) is 15.2 Å². The highest BCUT2D eigenvalue weighted by atomic mass is 16.4. The van der Waals surface area contributed by atoms with Gasteiger partial charge in [-0.3, -0.25) is 9.78 Å². The zero-order valence-electron chi connectivity index (χ0n) is 9.17. The lowest BCUT2D eigenvalue weighted by Gasteiger charge is -2.33. The first-order chi connectivity index (χ1) is 8.18. The Labute approximate surface area is 98.3 Å². The Kier molecular flexibility index (Phi) is 3.34. The van der Waals surface area contributed by atoms with Gasteiger partial charge in [0.1, 0.15) is 6.04 Å². The van der Waals surface area contributed by atoms with Crippen molar-refractivity contribution in [2.45, 2.75) is 12.6 Å². The van der Waals surface area contributed by atoms with Gasteiger partial charge in [0.15, 0.2) is 0 Å². The first-order valence-corrected chi connectivity index (χ1v) is 5.31. The van der Waals surface area contributed by atoms with Crippen LogP contribution in [-0.2, 0) is 16.1 Å². The maximum Gasteiger partial charge on any atom is 0.327 e. The van der Waals surface area contributed by atoms with Gasteiger partial charge < -0.3 is 15.3 Å². The van der Waals surface area contributed by atoms with Gasteiger partial charge in [-0.1, -0.05) is 6.07 Å². The van der Waals surface area contributed by atoms with Crippen LogP contribution in [0.2, 0.25) is 0 Å². The standard InChI is InChI=1S/C11H13N3O3/c15-10-6-12-5-9(11(16)17)14(10)7-8-3-1-2-4-13-8/h1-4,9,12H,5-7H2,(H,16,17). The molecule has 0 radical (unpaired) electrons. The number of carbonyl (C=O) groups excluding carboxylic acids is 1. The lowest BCUT2D eigenvalue weighted by molar-refractivity contribution is -0.152. The van der Waals surface area contributed by atoms with E-state index >= 15 is 0 Å². The quantitative estimate of drug-likeness (QED) is 0.735. The van der Waals surface area contributed by atoms with Crippen LogP contribution in [0.1, 0.15) is 5.69 Å². The van der Waals surface area contributed by atoms with Crippen molar-refractivity contribution in [2.75, 3.05) is 13.1 Å². The molecule has 0 bridgehead atoms. The monoisotopic (exact) mass is 235 g/mol. The average molecular weight is 235 g/mol. The molecule has 6 nitrogen and oxygen atoms in total. The van der Waals surface area contributed by atoms with Crippen LogP contribution in [0.15, 0.2) is 24.4 Å². The molecule has 2 N–H and O–H groups in total. The number of carboxylic acids is 1. The fourth-order valence-corrected chi connectivity index (χ4v) is 1.79. The van der Waals surface area contributed by atoms with Crippen LogP contribution in [0.25, 0.3) is 0 Å². The summed E-state index contributed by atoms with van der Waals surface area (Å²) < 4.78 is 0. The Morgan fingerprint density at radius 1 is 1.59 bits per heavy atom. The van der Waals surface area contributed by atoms with Crippen molar-refractivity contribution in [3.05, 3.63) is 30.1 Å². The van der Waals surface area contributed by atoms with E-state index in [1.165, 1.54) is 4.90 Å². The lowest BCUT2D eigenvalue weighted by atomic mass is 10.1. The van der Waals surface area contributed by atoms with E-state index < -0.39 is 12.0 Å². The number of amides is 1. The maximum absolute atomic E-state index is 11.7. The SMILES string of the molecule is O=C(O)C1CNCC(=O)N1Cc1ccccn1. The molecule has 2 rings (SSSR count). The normalized spacial score (nSPS) is 20.4. The van der Waals surface area contributed by atoms with E-state index in [2.05, 4.69) is 10.3 Å². The maximum atomic E-state index is 11.7. The van der Waals surface area contributed by atoms with Gasteiger partial charge in [-0.25, -0.2) is 4.79 Å². The number of hydrogen-bond acceptors (Lipinski definition) is 4. The van der Waals surface area contributed by atoms with Crippen molar-refractivity contribution < 1.29 is 14.7 Å². The van der Waals surface area contributed by atoms with Crippen molar-refractivity contribution in [1.29, 1.82) is 0 Å². The van der Waals surface area contributed by atoms with Crippen LogP contribution in [0.3, 0.4) is 0 Å². The number of rotatable bonds is 3. The summed E-state index contributed by atoms with van der Waals surface area (Å²) in [6, 6.07) is 4.54. The Morgan fingerprint density at radius 3 is 3.06 bits per heavy atom. The summed E-state index contributed by atoms with van der Waals surface area (Å²) in [4.78, 5) is 28.2. The predicted octanol–water partition coefficient (Wildman–Crippen LogP) is -0.533. The molecule has 6 heteroatoms. The third-order valence-corrected chi connectivity index (χ3v) is 2.65. The molecule has 90 valence electrons. The van der Waals surface area contributed by atoms with Crippen molar-refractivity contribution >= 4 is 11.9 Å². The molecule has 1 aromatic rings. The summed E-state index contributed by atoms with van der Waals surface area (Å²) in [6.45, 7) is 0.683. The summed E-state index contributed by atoms with van der Waals surface area (Å²) in [5.41, 5.74) is 0.689. The summed E-state index contributed by atoms with van der Waals surface area (Å²) >= 11 is 0. The highest BCUT2D eigenvalue weighted by molar-refractivity contribution is 5.86. The molecule has 0 aromatic carbocycles. The largest absolute Gasteiger partial charge is 0.480 e. The third-order valence-electron chi connectivity index (χ3n) is 2.65. The molecule has 17 heavy (non-hydrogen) atoms. The van der Waals surface area contributed by atoms with Gasteiger partial charge in [0, 0.05) is 12.7 Å². The molecule has 2 heterocycles. The Balaban J connectivity index is 2.15. The number of aromatic nitrogens is 1. The molecular formula is C11H13N3O3. The molecule has 1 aliphatic heterocycles. The van der Waals surface area contributed by atoms with Crippen LogP contribution < -0.4 is 5.32 Å². The summed E-state index contributed by atoms with van der Waals surface area (Å²) in [5.74, 6) is -1.21. The second-order valence-corrected chi connectivity index (χ2v) is 3.83. The highest BCUT2D eigenvalue weighted by Crippen LogP contribution is 2.09. The summed E-state index contributed by atoms with van der Waals surface area (Å²) in [5, 5.41) is 11.8. The molecule has 1 amide bonds. The third kappa shape index (κ3) is 2.59. The van der Waals surface area contributed by atoms with E-state index in [1.807, 2.05) is 6.07 Å². The van der Waals surface area contributed by atoms with Crippen molar-refractivity contribution in [3.63, 3.8) is 0 Å². The number of aliphatic carboxylic acids is 1. The lowest BCUT2D eigenvalue weighted by Crippen LogP contribution is -2.57. The van der Waals surface area contributed by atoms with Gasteiger partial charge in [-0.05, 0) is 12.1 Å². The molecule has 1 aliphatic rings. The van der Waals surface area contributed by atoms with Crippen molar-refractivity contribution in [3.8, 4) is 0 Å².